The van der Waals surface area contributed by atoms with E-state index in [1.54, 1.807) is 38.5 Å². The average Bonchev–Trinajstić information content (AvgIpc) is 2.78. The first kappa shape index (κ1) is 11.8. The van der Waals surface area contributed by atoms with E-state index in [0.717, 1.165) is 23.2 Å². The Balaban J connectivity index is 1.69. The van der Waals surface area contributed by atoms with Gasteiger partial charge in [0.2, 0.25) is 0 Å². The Labute approximate surface area is 112 Å². The molecule has 18 heavy (non-hydrogen) atoms. The van der Waals surface area contributed by atoms with Crippen LogP contribution in [0, 0.1) is 28.6 Å². The van der Waals surface area contributed by atoms with E-state index < -0.39 is 0 Å². The molecule has 0 heterocycles. The van der Waals surface area contributed by atoms with Crippen LogP contribution in [0.5, 0.6) is 0 Å². The number of rotatable bonds is 3. The van der Waals surface area contributed by atoms with Crippen molar-refractivity contribution in [3.63, 3.8) is 0 Å². The summed E-state index contributed by atoms with van der Waals surface area (Å²) in [6, 6.07) is 0. The second-order valence-electron chi connectivity index (χ2n) is 8.22. The van der Waals surface area contributed by atoms with Gasteiger partial charge in [0, 0.05) is 6.54 Å². The van der Waals surface area contributed by atoms with E-state index in [4.69, 9.17) is 0 Å². The lowest BCUT2D eigenvalue weighted by molar-refractivity contribution is -0.129. The maximum absolute atomic E-state index is 3.58. The van der Waals surface area contributed by atoms with E-state index >= 15 is 0 Å². The van der Waals surface area contributed by atoms with E-state index in [-0.39, 0.29) is 0 Å². The first-order valence-electron chi connectivity index (χ1n) is 8.40. The summed E-state index contributed by atoms with van der Waals surface area (Å²) in [4.78, 5) is 0. The summed E-state index contributed by atoms with van der Waals surface area (Å²) in [6.07, 6.45) is 15.6. The predicted octanol–water partition coefficient (Wildman–Crippen LogP) is 3.98. The van der Waals surface area contributed by atoms with Crippen molar-refractivity contribution in [1.29, 1.82) is 0 Å². The van der Waals surface area contributed by atoms with Crippen LogP contribution in [0.2, 0.25) is 0 Å². The zero-order valence-corrected chi connectivity index (χ0v) is 12.0. The first-order valence-corrected chi connectivity index (χ1v) is 8.40. The van der Waals surface area contributed by atoms with Crippen LogP contribution in [0.3, 0.4) is 0 Å². The fraction of sp³-hybridized carbons (Fsp3) is 1.00. The lowest BCUT2D eigenvalue weighted by atomic mass is 9.42. The smallest absolute Gasteiger partial charge is 0.00101 e. The molecule has 1 N–H and O–H groups in total. The molecule has 0 atom stereocenters. The highest BCUT2D eigenvalue weighted by molar-refractivity contribution is 5.10. The van der Waals surface area contributed by atoms with Gasteiger partial charge in [-0.15, -0.1) is 0 Å². The molecule has 0 spiro atoms. The topological polar surface area (TPSA) is 12.0 Å². The normalized spacial score (nSPS) is 48.8. The Morgan fingerprint density at radius 3 is 1.83 bits per heavy atom. The highest BCUT2D eigenvalue weighted by Crippen LogP contribution is 2.69. The van der Waals surface area contributed by atoms with Gasteiger partial charge in [0.25, 0.3) is 0 Å². The molecule has 4 bridgehead atoms. The standard InChI is InChI=1S/C17H29N/c1-18-12-16(4-2-3-5-16)17-9-13-6-14(10-17)8-15(7-13)11-17/h13-15,18H,2-12H2,1H3. The summed E-state index contributed by atoms with van der Waals surface area (Å²) in [5.74, 6) is 3.35. The number of hydrogen-bond donors (Lipinski definition) is 1. The van der Waals surface area contributed by atoms with Crippen LogP contribution in [-0.2, 0) is 0 Å². The van der Waals surface area contributed by atoms with Gasteiger partial charge in [0.15, 0.2) is 0 Å². The van der Waals surface area contributed by atoms with Gasteiger partial charge < -0.3 is 5.32 Å². The molecule has 0 aromatic rings. The summed E-state index contributed by atoms with van der Waals surface area (Å²) in [5.41, 5.74) is 1.46. The van der Waals surface area contributed by atoms with Gasteiger partial charge in [-0.2, -0.15) is 0 Å². The summed E-state index contributed by atoms with van der Waals surface area (Å²) in [7, 11) is 2.18. The zero-order valence-electron chi connectivity index (χ0n) is 12.0. The zero-order chi connectivity index (χ0) is 12.2. The molecule has 0 aromatic carbocycles. The Morgan fingerprint density at radius 2 is 1.39 bits per heavy atom. The highest BCUT2D eigenvalue weighted by Gasteiger charge is 2.60. The molecular weight excluding hydrogens is 218 g/mol. The van der Waals surface area contributed by atoms with E-state index in [0.29, 0.717) is 5.41 Å². The molecule has 0 saturated heterocycles. The van der Waals surface area contributed by atoms with E-state index in [2.05, 4.69) is 12.4 Å². The predicted molar refractivity (Wildman–Crippen MR) is 75.4 cm³/mol. The number of nitrogens with one attached hydrogen (secondary N) is 1. The molecule has 0 aromatic heterocycles. The second-order valence-corrected chi connectivity index (χ2v) is 8.22. The van der Waals surface area contributed by atoms with Crippen molar-refractivity contribution in [2.45, 2.75) is 64.2 Å². The van der Waals surface area contributed by atoms with E-state index in [9.17, 15) is 0 Å². The minimum atomic E-state index is 0.692. The van der Waals surface area contributed by atoms with E-state index in [1.165, 1.54) is 32.2 Å². The maximum atomic E-state index is 3.58. The summed E-state index contributed by atoms with van der Waals surface area (Å²) < 4.78 is 0. The molecule has 102 valence electrons. The van der Waals surface area contributed by atoms with Gasteiger partial charge >= 0.3 is 0 Å². The van der Waals surface area contributed by atoms with Gasteiger partial charge in [-0.1, -0.05) is 12.8 Å². The second kappa shape index (κ2) is 3.98. The average molecular weight is 247 g/mol. The van der Waals surface area contributed by atoms with Crippen LogP contribution in [0.15, 0.2) is 0 Å². The molecule has 5 saturated carbocycles. The van der Waals surface area contributed by atoms with Gasteiger partial charge in [-0.3, -0.25) is 0 Å². The monoisotopic (exact) mass is 247 g/mol. The quantitative estimate of drug-likeness (QED) is 0.795. The van der Waals surface area contributed by atoms with Crippen molar-refractivity contribution >= 4 is 0 Å². The fourth-order valence-corrected chi connectivity index (χ4v) is 7.04. The first-order chi connectivity index (χ1) is 8.75. The van der Waals surface area contributed by atoms with Crippen molar-refractivity contribution in [3.05, 3.63) is 0 Å². The molecular formula is C17H29N. The molecule has 5 fully saturated rings. The Kier molecular flexibility index (Phi) is 2.60. The Bertz CT molecular complexity index is 291. The summed E-state index contributed by atoms with van der Waals surface area (Å²) in [5, 5.41) is 3.58. The lowest BCUT2D eigenvalue weighted by Gasteiger charge is -2.63. The Morgan fingerprint density at radius 1 is 0.889 bits per heavy atom. The highest BCUT2D eigenvalue weighted by atomic mass is 14.9. The maximum Gasteiger partial charge on any atom is 0.00101 e. The van der Waals surface area contributed by atoms with Gasteiger partial charge in [-0.05, 0) is 87.0 Å². The van der Waals surface area contributed by atoms with Crippen LogP contribution >= 0.6 is 0 Å². The molecule has 1 heteroatoms. The van der Waals surface area contributed by atoms with Crippen LogP contribution in [-0.4, -0.2) is 13.6 Å². The van der Waals surface area contributed by atoms with Crippen molar-refractivity contribution in [3.8, 4) is 0 Å². The van der Waals surface area contributed by atoms with Crippen LogP contribution in [0.25, 0.3) is 0 Å². The minimum absolute atomic E-state index is 0.692. The SMILES string of the molecule is CNCC1(C23CC4CC(CC(C4)C2)C3)CCCC1. The third-order valence-corrected chi connectivity index (χ3v) is 7.24. The van der Waals surface area contributed by atoms with Crippen molar-refractivity contribution in [2.24, 2.45) is 28.6 Å². The number of hydrogen-bond acceptors (Lipinski definition) is 1. The van der Waals surface area contributed by atoms with Crippen LogP contribution in [0.4, 0.5) is 0 Å². The van der Waals surface area contributed by atoms with Gasteiger partial charge in [0.1, 0.15) is 0 Å². The third-order valence-electron chi connectivity index (χ3n) is 7.24. The van der Waals surface area contributed by atoms with Crippen molar-refractivity contribution in [1.82, 2.24) is 5.32 Å². The van der Waals surface area contributed by atoms with Gasteiger partial charge in [0.05, 0.1) is 0 Å². The molecule has 0 amide bonds. The molecule has 0 radical (unpaired) electrons. The van der Waals surface area contributed by atoms with Crippen LogP contribution in [0.1, 0.15) is 64.2 Å². The largest absolute Gasteiger partial charge is 0.319 e. The molecule has 0 aliphatic heterocycles. The van der Waals surface area contributed by atoms with Gasteiger partial charge in [-0.25, -0.2) is 0 Å². The van der Waals surface area contributed by atoms with Crippen molar-refractivity contribution in [2.75, 3.05) is 13.6 Å². The Hall–Kier alpha value is -0.0400. The van der Waals surface area contributed by atoms with Crippen molar-refractivity contribution < 1.29 is 0 Å². The fourth-order valence-electron chi connectivity index (χ4n) is 7.04. The van der Waals surface area contributed by atoms with E-state index in [1.807, 2.05) is 0 Å². The molecule has 5 rings (SSSR count). The third kappa shape index (κ3) is 1.49. The minimum Gasteiger partial charge on any atom is -0.319 e. The van der Waals surface area contributed by atoms with Crippen LogP contribution < -0.4 is 5.32 Å². The molecule has 0 unspecified atom stereocenters. The summed E-state index contributed by atoms with van der Waals surface area (Å²) >= 11 is 0. The molecule has 5 aliphatic rings. The lowest BCUT2D eigenvalue weighted by Crippen LogP contribution is -2.56. The molecule has 1 nitrogen and oxygen atoms in total. The summed E-state index contributed by atoms with van der Waals surface area (Å²) in [6.45, 7) is 1.30. The molecule has 5 aliphatic carbocycles.